The zero-order valence-electron chi connectivity index (χ0n) is 9.05. The zero-order chi connectivity index (χ0) is 11.5. The quantitative estimate of drug-likeness (QED) is 0.827. The van der Waals surface area contributed by atoms with Gasteiger partial charge in [0.2, 0.25) is 0 Å². The lowest BCUT2D eigenvalue weighted by molar-refractivity contribution is 0.280. The van der Waals surface area contributed by atoms with E-state index >= 15 is 0 Å². The van der Waals surface area contributed by atoms with E-state index in [0.717, 1.165) is 11.4 Å². The van der Waals surface area contributed by atoms with Crippen molar-refractivity contribution in [2.24, 2.45) is 0 Å². The van der Waals surface area contributed by atoms with Gasteiger partial charge in [-0.15, -0.1) is 0 Å². The molecule has 82 valence electrons. The van der Waals surface area contributed by atoms with Crippen LogP contribution in [0.25, 0.3) is 5.69 Å². The summed E-state index contributed by atoms with van der Waals surface area (Å²) in [4.78, 5) is 11.5. The molecule has 16 heavy (non-hydrogen) atoms. The highest BCUT2D eigenvalue weighted by molar-refractivity contribution is 5.35. The van der Waals surface area contributed by atoms with E-state index < -0.39 is 0 Å². The van der Waals surface area contributed by atoms with E-state index in [9.17, 15) is 4.79 Å². The van der Waals surface area contributed by atoms with Crippen LogP contribution in [0.5, 0.6) is 0 Å². The Bertz CT molecular complexity index is 544. The first-order chi connectivity index (χ1) is 7.72. The molecule has 1 aromatic heterocycles. The monoisotopic (exact) mass is 215 g/mol. The van der Waals surface area contributed by atoms with E-state index in [4.69, 9.17) is 5.11 Å². The van der Waals surface area contributed by atoms with Crippen molar-refractivity contribution >= 4 is 0 Å². The first kappa shape index (κ1) is 10.6. The van der Waals surface area contributed by atoms with Crippen molar-refractivity contribution in [2.45, 2.75) is 13.5 Å². The highest BCUT2D eigenvalue weighted by atomic mass is 16.3. The molecule has 1 aromatic carbocycles. The number of aliphatic hydroxyl groups excluding tert-OH is 1. The maximum Gasteiger partial charge on any atom is 0.187 e. The molecule has 0 aliphatic heterocycles. The van der Waals surface area contributed by atoms with E-state index in [1.165, 1.54) is 0 Å². The lowest BCUT2D eigenvalue weighted by Gasteiger charge is -2.11. The third-order valence-electron chi connectivity index (χ3n) is 2.53. The predicted octanol–water partition coefficient (Wildman–Crippen LogP) is 1.64. The van der Waals surface area contributed by atoms with Crippen LogP contribution in [0.15, 0.2) is 47.4 Å². The number of aromatic nitrogens is 1. The molecular formula is C13H13NO2. The summed E-state index contributed by atoms with van der Waals surface area (Å²) in [6.07, 6.45) is 1.69. The maximum absolute atomic E-state index is 11.5. The van der Waals surface area contributed by atoms with E-state index in [-0.39, 0.29) is 12.0 Å². The largest absolute Gasteiger partial charge is 0.391 e. The molecule has 0 saturated heterocycles. The van der Waals surface area contributed by atoms with Gasteiger partial charge in [0.15, 0.2) is 5.43 Å². The Morgan fingerprint density at radius 1 is 1.25 bits per heavy atom. The van der Waals surface area contributed by atoms with Crippen molar-refractivity contribution in [2.75, 3.05) is 0 Å². The van der Waals surface area contributed by atoms with Gasteiger partial charge in [-0.05, 0) is 19.1 Å². The molecule has 2 aromatic rings. The molecule has 0 aliphatic carbocycles. The Balaban J connectivity index is 2.62. The van der Waals surface area contributed by atoms with Crippen molar-refractivity contribution in [1.82, 2.24) is 4.57 Å². The van der Waals surface area contributed by atoms with E-state index in [0.29, 0.717) is 5.56 Å². The lowest BCUT2D eigenvalue weighted by Crippen LogP contribution is -2.13. The number of rotatable bonds is 2. The smallest absolute Gasteiger partial charge is 0.187 e. The van der Waals surface area contributed by atoms with Gasteiger partial charge >= 0.3 is 0 Å². The van der Waals surface area contributed by atoms with Crippen LogP contribution in [0.3, 0.4) is 0 Å². The van der Waals surface area contributed by atoms with Crippen molar-refractivity contribution in [3.63, 3.8) is 0 Å². The van der Waals surface area contributed by atoms with Gasteiger partial charge in [0.1, 0.15) is 0 Å². The maximum atomic E-state index is 11.5. The molecule has 0 atom stereocenters. The molecule has 0 amide bonds. The summed E-state index contributed by atoms with van der Waals surface area (Å²) in [5, 5.41) is 9.07. The molecule has 1 heterocycles. The topological polar surface area (TPSA) is 42.2 Å². The van der Waals surface area contributed by atoms with Crippen LogP contribution in [0, 0.1) is 6.92 Å². The number of para-hydroxylation sites is 1. The fourth-order valence-electron chi connectivity index (χ4n) is 1.66. The molecule has 0 fully saturated rings. The Morgan fingerprint density at radius 2 is 1.94 bits per heavy atom. The Kier molecular flexibility index (Phi) is 2.88. The van der Waals surface area contributed by atoms with Gasteiger partial charge in [0.05, 0.1) is 6.61 Å². The van der Waals surface area contributed by atoms with Crippen LogP contribution in [0.4, 0.5) is 0 Å². The number of pyridine rings is 1. The molecule has 0 radical (unpaired) electrons. The Hall–Kier alpha value is -1.87. The number of nitrogens with zero attached hydrogens (tertiary/aromatic N) is 1. The Labute approximate surface area is 93.6 Å². The first-order valence-electron chi connectivity index (χ1n) is 5.11. The molecule has 3 heteroatoms. The van der Waals surface area contributed by atoms with Gasteiger partial charge in [-0.2, -0.15) is 0 Å². The summed E-state index contributed by atoms with van der Waals surface area (Å²) in [5.74, 6) is 0. The van der Waals surface area contributed by atoms with Crippen LogP contribution < -0.4 is 5.43 Å². The molecule has 1 N–H and O–H groups in total. The molecule has 0 unspecified atom stereocenters. The van der Waals surface area contributed by atoms with Crippen molar-refractivity contribution in [3.8, 4) is 5.69 Å². The molecular weight excluding hydrogens is 202 g/mol. The second-order valence-corrected chi connectivity index (χ2v) is 3.67. The van der Waals surface area contributed by atoms with Crippen LogP contribution >= 0.6 is 0 Å². The Morgan fingerprint density at radius 3 is 2.56 bits per heavy atom. The molecule has 0 spiro atoms. The van der Waals surface area contributed by atoms with Gasteiger partial charge < -0.3 is 9.67 Å². The van der Waals surface area contributed by atoms with E-state index in [2.05, 4.69) is 0 Å². The van der Waals surface area contributed by atoms with E-state index in [1.54, 1.807) is 12.3 Å². The van der Waals surface area contributed by atoms with Crippen molar-refractivity contribution in [1.29, 1.82) is 0 Å². The second-order valence-electron chi connectivity index (χ2n) is 3.67. The van der Waals surface area contributed by atoms with Crippen LogP contribution in [-0.2, 0) is 6.61 Å². The predicted molar refractivity (Wildman–Crippen MR) is 62.7 cm³/mol. The van der Waals surface area contributed by atoms with Crippen molar-refractivity contribution in [3.05, 3.63) is 64.1 Å². The second kappa shape index (κ2) is 4.33. The summed E-state index contributed by atoms with van der Waals surface area (Å²) < 4.78 is 1.90. The number of aryl methyl sites for hydroxylation is 1. The van der Waals surface area contributed by atoms with Gasteiger partial charge in [-0.25, -0.2) is 0 Å². The molecule has 0 bridgehead atoms. The minimum absolute atomic E-state index is 0.118. The number of aliphatic hydroxyl groups is 1. The summed E-state index contributed by atoms with van der Waals surface area (Å²) in [6, 6.07) is 11.3. The SMILES string of the molecule is Cc1cc(=O)c(CO)cn1-c1ccccc1. The zero-order valence-corrected chi connectivity index (χ0v) is 9.05. The molecule has 3 nitrogen and oxygen atoms in total. The number of hydrogen-bond donors (Lipinski definition) is 1. The molecule has 0 saturated carbocycles. The average Bonchev–Trinajstić information content (AvgIpc) is 2.30. The molecule has 0 aliphatic rings. The van der Waals surface area contributed by atoms with E-state index in [1.807, 2.05) is 41.8 Å². The third kappa shape index (κ3) is 1.90. The van der Waals surface area contributed by atoms with Crippen LogP contribution in [-0.4, -0.2) is 9.67 Å². The highest BCUT2D eigenvalue weighted by Crippen LogP contribution is 2.10. The first-order valence-corrected chi connectivity index (χ1v) is 5.11. The van der Waals surface area contributed by atoms with Gasteiger partial charge in [0.25, 0.3) is 0 Å². The molecule has 2 rings (SSSR count). The van der Waals surface area contributed by atoms with Crippen LogP contribution in [0.2, 0.25) is 0 Å². The van der Waals surface area contributed by atoms with Gasteiger partial charge in [-0.3, -0.25) is 4.79 Å². The number of hydrogen-bond acceptors (Lipinski definition) is 2. The van der Waals surface area contributed by atoms with Gasteiger partial charge in [-0.1, -0.05) is 18.2 Å². The fraction of sp³-hybridized carbons (Fsp3) is 0.154. The lowest BCUT2D eigenvalue weighted by atomic mass is 10.2. The summed E-state index contributed by atoms with van der Waals surface area (Å²) in [7, 11) is 0. The summed E-state index contributed by atoms with van der Waals surface area (Å²) >= 11 is 0. The standard InChI is InChI=1S/C13H13NO2/c1-10-7-13(16)11(9-15)8-14(10)12-5-3-2-4-6-12/h2-8,15H,9H2,1H3. The summed E-state index contributed by atoms with van der Waals surface area (Å²) in [6.45, 7) is 1.64. The average molecular weight is 215 g/mol. The van der Waals surface area contributed by atoms with Crippen LogP contribution in [0.1, 0.15) is 11.3 Å². The third-order valence-corrected chi connectivity index (χ3v) is 2.53. The minimum atomic E-state index is -0.230. The summed E-state index contributed by atoms with van der Waals surface area (Å²) in [5.41, 5.74) is 2.13. The highest BCUT2D eigenvalue weighted by Gasteiger charge is 2.03. The number of benzene rings is 1. The minimum Gasteiger partial charge on any atom is -0.391 e. The van der Waals surface area contributed by atoms with Gasteiger partial charge in [0, 0.05) is 29.2 Å². The fourth-order valence-corrected chi connectivity index (χ4v) is 1.66. The van der Waals surface area contributed by atoms with Crippen molar-refractivity contribution < 1.29 is 5.11 Å². The normalized spacial score (nSPS) is 10.4.